The normalized spacial score (nSPS) is 36.2. The Labute approximate surface area is 78.9 Å². The van der Waals surface area contributed by atoms with Gasteiger partial charge in [0, 0.05) is 25.9 Å². The molecule has 2 saturated heterocycles. The molecule has 13 heavy (non-hydrogen) atoms. The lowest BCUT2D eigenvalue weighted by molar-refractivity contribution is -0.848. The van der Waals surface area contributed by atoms with Crippen LogP contribution in [0.3, 0.4) is 0 Å². The zero-order chi connectivity index (χ0) is 9.31. The summed E-state index contributed by atoms with van der Waals surface area (Å²) >= 11 is 0. The number of rotatable bonds is 1. The van der Waals surface area contributed by atoms with E-state index in [9.17, 15) is 4.79 Å². The molecular formula is C9H18N3O+. The van der Waals surface area contributed by atoms with Gasteiger partial charge in [-0.05, 0) is 0 Å². The predicted octanol–water partition coefficient (Wildman–Crippen LogP) is -0.0918. The topological polar surface area (TPSA) is 41.1 Å². The van der Waals surface area contributed by atoms with E-state index in [0.29, 0.717) is 10.5 Å². The van der Waals surface area contributed by atoms with Crippen molar-refractivity contribution in [2.45, 2.75) is 18.9 Å². The summed E-state index contributed by atoms with van der Waals surface area (Å²) in [4.78, 5) is 11.6. The largest absolute Gasteiger partial charge is 0.416 e. The molecule has 4 nitrogen and oxygen atoms in total. The lowest BCUT2D eigenvalue weighted by Gasteiger charge is -2.36. The van der Waals surface area contributed by atoms with E-state index in [1.807, 2.05) is 0 Å². The van der Waals surface area contributed by atoms with E-state index < -0.39 is 0 Å². The molecule has 2 fully saturated rings. The van der Waals surface area contributed by atoms with E-state index in [2.05, 4.69) is 17.7 Å². The number of urea groups is 1. The second-order valence-electron chi connectivity index (χ2n) is 4.20. The molecule has 0 aliphatic carbocycles. The number of quaternary nitrogens is 1. The van der Waals surface area contributed by atoms with Gasteiger partial charge in [0.15, 0.2) is 0 Å². The molecule has 0 bridgehead atoms. The number of hydrogen-bond acceptors (Lipinski definition) is 2. The second kappa shape index (κ2) is 3.27. The predicted molar refractivity (Wildman–Crippen MR) is 50.3 cm³/mol. The van der Waals surface area contributed by atoms with Gasteiger partial charge in [-0.2, -0.15) is 0 Å². The van der Waals surface area contributed by atoms with Gasteiger partial charge in [0.2, 0.25) is 0 Å². The molecule has 2 aliphatic rings. The molecule has 2 heterocycles. The SMILES string of the molecule is C[N+]1(C2CCNCC2)CCNC1=O. The van der Waals surface area contributed by atoms with Crippen molar-refractivity contribution >= 4 is 6.03 Å². The first-order chi connectivity index (χ1) is 6.23. The Balaban J connectivity index is 2.08. The first kappa shape index (κ1) is 8.97. The zero-order valence-corrected chi connectivity index (χ0v) is 8.18. The van der Waals surface area contributed by atoms with Crippen LogP contribution in [0.5, 0.6) is 0 Å². The molecule has 0 aromatic heterocycles. The molecule has 0 aromatic rings. The van der Waals surface area contributed by atoms with Gasteiger partial charge in [-0.1, -0.05) is 0 Å². The highest BCUT2D eigenvalue weighted by atomic mass is 16.2. The first-order valence-corrected chi connectivity index (χ1v) is 5.08. The second-order valence-corrected chi connectivity index (χ2v) is 4.20. The molecule has 2 aliphatic heterocycles. The average molecular weight is 184 g/mol. The van der Waals surface area contributed by atoms with Crippen LogP contribution in [0.25, 0.3) is 0 Å². The molecule has 74 valence electrons. The van der Waals surface area contributed by atoms with Crippen molar-refractivity contribution in [2.24, 2.45) is 0 Å². The molecule has 0 radical (unpaired) electrons. The van der Waals surface area contributed by atoms with Crippen LogP contribution in [-0.4, -0.2) is 49.8 Å². The van der Waals surface area contributed by atoms with Gasteiger partial charge < -0.3 is 5.32 Å². The maximum atomic E-state index is 11.6. The first-order valence-electron chi connectivity index (χ1n) is 5.08. The zero-order valence-electron chi connectivity index (χ0n) is 8.18. The number of nitrogens with zero attached hydrogens (tertiary/aromatic N) is 1. The standard InChI is InChI=1S/C9H17N3O/c1-12(7-6-11-9(12)13)8-2-4-10-5-3-8/h8,10H,2-7H2,1H3/p+1. The molecule has 2 N–H and O–H groups in total. The number of likely N-dealkylation sites (N-methyl/N-ethyl adjacent to an activating group) is 1. The van der Waals surface area contributed by atoms with E-state index in [4.69, 9.17) is 0 Å². The average Bonchev–Trinajstić information content (AvgIpc) is 2.50. The Hall–Kier alpha value is -0.610. The van der Waals surface area contributed by atoms with E-state index in [0.717, 1.165) is 39.0 Å². The van der Waals surface area contributed by atoms with Crippen LogP contribution in [0.4, 0.5) is 4.79 Å². The van der Waals surface area contributed by atoms with Gasteiger partial charge in [0.1, 0.15) is 6.54 Å². The van der Waals surface area contributed by atoms with Gasteiger partial charge in [-0.15, -0.1) is 0 Å². The van der Waals surface area contributed by atoms with Gasteiger partial charge in [-0.25, -0.2) is 9.28 Å². The van der Waals surface area contributed by atoms with Gasteiger partial charge in [-0.3, -0.25) is 5.32 Å². The molecule has 1 unspecified atom stereocenters. The number of hydrogen-bond donors (Lipinski definition) is 2. The minimum absolute atomic E-state index is 0.215. The summed E-state index contributed by atoms with van der Waals surface area (Å²) in [7, 11) is 2.07. The fourth-order valence-corrected chi connectivity index (χ4v) is 2.40. The maximum absolute atomic E-state index is 11.6. The molecule has 2 rings (SSSR count). The highest BCUT2D eigenvalue weighted by molar-refractivity contribution is 5.68. The van der Waals surface area contributed by atoms with Crippen molar-refractivity contribution in [1.82, 2.24) is 10.6 Å². The molecule has 2 amide bonds. The third-order valence-electron chi connectivity index (χ3n) is 3.43. The number of piperidine rings is 1. The van der Waals surface area contributed by atoms with Crippen molar-refractivity contribution in [1.29, 1.82) is 0 Å². The molecule has 0 saturated carbocycles. The molecule has 4 heteroatoms. The third-order valence-corrected chi connectivity index (χ3v) is 3.43. The van der Waals surface area contributed by atoms with Crippen LogP contribution < -0.4 is 10.6 Å². The summed E-state index contributed by atoms with van der Waals surface area (Å²) < 4.78 is 0.613. The van der Waals surface area contributed by atoms with Crippen LogP contribution in [0.2, 0.25) is 0 Å². The van der Waals surface area contributed by atoms with Crippen LogP contribution >= 0.6 is 0 Å². The molecule has 1 atom stereocenters. The minimum Gasteiger partial charge on any atom is -0.316 e. The van der Waals surface area contributed by atoms with E-state index in [-0.39, 0.29) is 6.03 Å². The number of amides is 2. The van der Waals surface area contributed by atoms with Crippen LogP contribution in [-0.2, 0) is 0 Å². The monoisotopic (exact) mass is 184 g/mol. The van der Waals surface area contributed by atoms with E-state index in [1.165, 1.54) is 0 Å². The van der Waals surface area contributed by atoms with Crippen LogP contribution in [0.15, 0.2) is 0 Å². The summed E-state index contributed by atoms with van der Waals surface area (Å²) in [5.41, 5.74) is 0. The summed E-state index contributed by atoms with van der Waals surface area (Å²) in [5, 5.41) is 6.25. The van der Waals surface area contributed by atoms with E-state index in [1.54, 1.807) is 0 Å². The lowest BCUT2D eigenvalue weighted by Crippen LogP contribution is -2.57. The van der Waals surface area contributed by atoms with Crippen molar-refractivity contribution in [3.05, 3.63) is 0 Å². The van der Waals surface area contributed by atoms with Crippen molar-refractivity contribution in [2.75, 3.05) is 33.2 Å². The van der Waals surface area contributed by atoms with Crippen molar-refractivity contribution < 1.29 is 9.28 Å². The smallest absolute Gasteiger partial charge is 0.316 e. The number of nitrogens with one attached hydrogen (secondary N) is 2. The summed E-state index contributed by atoms with van der Waals surface area (Å²) in [6.07, 6.45) is 2.26. The molecular weight excluding hydrogens is 166 g/mol. The summed E-state index contributed by atoms with van der Waals surface area (Å²) in [6.45, 7) is 3.93. The maximum Gasteiger partial charge on any atom is 0.416 e. The quantitative estimate of drug-likeness (QED) is 0.559. The molecule has 0 aromatic carbocycles. The fourth-order valence-electron chi connectivity index (χ4n) is 2.40. The van der Waals surface area contributed by atoms with E-state index >= 15 is 0 Å². The van der Waals surface area contributed by atoms with Gasteiger partial charge in [0.25, 0.3) is 0 Å². The molecule has 0 spiro atoms. The van der Waals surface area contributed by atoms with Gasteiger partial charge in [0.05, 0.1) is 19.6 Å². The highest BCUT2D eigenvalue weighted by Crippen LogP contribution is 2.21. The van der Waals surface area contributed by atoms with Crippen LogP contribution in [0.1, 0.15) is 12.8 Å². The Morgan fingerprint density at radius 2 is 2.00 bits per heavy atom. The third kappa shape index (κ3) is 1.44. The Bertz CT molecular complexity index is 213. The number of carbonyl (C=O) groups excluding carboxylic acids is 1. The Morgan fingerprint density at radius 1 is 1.31 bits per heavy atom. The minimum atomic E-state index is 0.215. The van der Waals surface area contributed by atoms with Crippen molar-refractivity contribution in [3.8, 4) is 0 Å². The van der Waals surface area contributed by atoms with Crippen LogP contribution in [0, 0.1) is 0 Å². The highest BCUT2D eigenvalue weighted by Gasteiger charge is 2.44. The fraction of sp³-hybridized carbons (Fsp3) is 0.889. The summed E-state index contributed by atoms with van der Waals surface area (Å²) in [5.74, 6) is 0. The number of carbonyl (C=O) groups is 1. The lowest BCUT2D eigenvalue weighted by atomic mass is 10.0. The summed E-state index contributed by atoms with van der Waals surface area (Å²) in [6, 6.07) is 0.746. The Morgan fingerprint density at radius 3 is 2.54 bits per heavy atom. The van der Waals surface area contributed by atoms with Crippen molar-refractivity contribution in [3.63, 3.8) is 0 Å². The van der Waals surface area contributed by atoms with Gasteiger partial charge >= 0.3 is 6.03 Å². The Kier molecular flexibility index (Phi) is 2.26.